The topological polar surface area (TPSA) is 50.4 Å². The highest BCUT2D eigenvalue weighted by atomic mass is 127. The van der Waals surface area contributed by atoms with Gasteiger partial charge in [0.15, 0.2) is 5.96 Å². The molecule has 0 heterocycles. The SMILES string of the molecule is CC(C)(CN=C(N)Nc1ccccc1)c1ccccc1Cl.I. The van der Waals surface area contributed by atoms with Gasteiger partial charge in [-0.3, -0.25) is 4.99 Å². The highest BCUT2D eigenvalue weighted by Crippen LogP contribution is 2.29. The molecule has 0 unspecified atom stereocenters. The standard InChI is InChI=1S/C17H20ClN3.HI/c1-17(2,14-10-6-7-11-15(14)18)12-20-16(19)21-13-8-4-3-5-9-13;/h3-11H,12H2,1-2H3,(H3,19,20,21);1H. The van der Waals surface area contributed by atoms with Crippen LogP contribution in [0.15, 0.2) is 59.6 Å². The lowest BCUT2D eigenvalue weighted by Crippen LogP contribution is -2.28. The van der Waals surface area contributed by atoms with E-state index in [1.165, 1.54) is 0 Å². The van der Waals surface area contributed by atoms with Gasteiger partial charge in [-0.2, -0.15) is 0 Å². The van der Waals surface area contributed by atoms with Gasteiger partial charge < -0.3 is 11.1 Å². The third-order valence-corrected chi connectivity index (χ3v) is 3.62. The summed E-state index contributed by atoms with van der Waals surface area (Å²) in [7, 11) is 0. The Morgan fingerprint density at radius 3 is 2.32 bits per heavy atom. The average molecular weight is 430 g/mol. The Balaban J connectivity index is 0.00000242. The smallest absolute Gasteiger partial charge is 0.193 e. The van der Waals surface area contributed by atoms with E-state index < -0.39 is 0 Å². The van der Waals surface area contributed by atoms with Crippen molar-refractivity contribution in [3.8, 4) is 0 Å². The molecule has 0 bridgehead atoms. The van der Waals surface area contributed by atoms with Gasteiger partial charge in [0, 0.05) is 16.1 Å². The van der Waals surface area contributed by atoms with Crippen molar-refractivity contribution in [2.75, 3.05) is 11.9 Å². The highest BCUT2D eigenvalue weighted by Gasteiger charge is 2.22. The van der Waals surface area contributed by atoms with Gasteiger partial charge in [-0.05, 0) is 23.8 Å². The van der Waals surface area contributed by atoms with E-state index >= 15 is 0 Å². The van der Waals surface area contributed by atoms with Gasteiger partial charge in [-0.15, -0.1) is 24.0 Å². The molecular formula is C17H21ClIN3. The molecule has 0 radical (unpaired) electrons. The molecule has 0 amide bonds. The first kappa shape index (κ1) is 18.8. The number of hydrogen-bond acceptors (Lipinski definition) is 1. The van der Waals surface area contributed by atoms with E-state index in [1.54, 1.807) is 0 Å². The van der Waals surface area contributed by atoms with Crippen molar-refractivity contribution < 1.29 is 0 Å². The summed E-state index contributed by atoms with van der Waals surface area (Å²) in [4.78, 5) is 4.43. The van der Waals surface area contributed by atoms with Crippen LogP contribution in [-0.2, 0) is 5.41 Å². The molecule has 0 atom stereocenters. The van der Waals surface area contributed by atoms with E-state index in [0.717, 1.165) is 16.3 Å². The molecule has 0 aliphatic heterocycles. The van der Waals surface area contributed by atoms with Crippen molar-refractivity contribution >= 4 is 47.2 Å². The first-order chi connectivity index (χ1) is 9.99. The number of halogens is 2. The summed E-state index contributed by atoms with van der Waals surface area (Å²) in [6.45, 7) is 4.77. The van der Waals surface area contributed by atoms with Crippen LogP contribution >= 0.6 is 35.6 Å². The molecule has 0 aliphatic rings. The van der Waals surface area contributed by atoms with Gasteiger partial charge in [0.05, 0.1) is 6.54 Å². The van der Waals surface area contributed by atoms with Crippen LogP contribution in [0.3, 0.4) is 0 Å². The zero-order valence-electron chi connectivity index (χ0n) is 12.7. The number of nitrogens with zero attached hydrogens (tertiary/aromatic N) is 1. The summed E-state index contributed by atoms with van der Waals surface area (Å²) in [6, 6.07) is 17.6. The highest BCUT2D eigenvalue weighted by molar-refractivity contribution is 14.0. The number of guanidine groups is 1. The third-order valence-electron chi connectivity index (χ3n) is 3.29. The average Bonchev–Trinajstić information content (AvgIpc) is 2.47. The number of aliphatic imine (C=N–C) groups is 1. The molecule has 3 N–H and O–H groups in total. The lowest BCUT2D eigenvalue weighted by atomic mass is 9.85. The second-order valence-corrected chi connectivity index (χ2v) is 5.96. The van der Waals surface area contributed by atoms with Crippen LogP contribution in [0.2, 0.25) is 5.02 Å². The Morgan fingerprint density at radius 2 is 1.68 bits per heavy atom. The van der Waals surface area contributed by atoms with Crippen molar-refractivity contribution in [1.82, 2.24) is 0 Å². The van der Waals surface area contributed by atoms with E-state index in [9.17, 15) is 0 Å². The summed E-state index contributed by atoms with van der Waals surface area (Å²) in [5.74, 6) is 0.404. The molecule has 2 aromatic rings. The molecule has 118 valence electrons. The van der Waals surface area contributed by atoms with E-state index in [0.29, 0.717) is 12.5 Å². The fraction of sp³-hybridized carbons (Fsp3) is 0.235. The Bertz CT molecular complexity index is 627. The summed E-state index contributed by atoms with van der Waals surface area (Å²) < 4.78 is 0. The van der Waals surface area contributed by atoms with Gasteiger partial charge in [0.1, 0.15) is 0 Å². The Morgan fingerprint density at radius 1 is 1.09 bits per heavy atom. The monoisotopic (exact) mass is 429 g/mol. The van der Waals surface area contributed by atoms with Crippen molar-refractivity contribution in [3.63, 3.8) is 0 Å². The third kappa shape index (κ3) is 5.18. The summed E-state index contributed by atoms with van der Waals surface area (Å²) in [6.07, 6.45) is 0. The quantitative estimate of drug-likeness (QED) is 0.422. The van der Waals surface area contributed by atoms with Crippen LogP contribution in [0, 0.1) is 0 Å². The molecule has 2 aromatic carbocycles. The predicted molar refractivity (Wildman–Crippen MR) is 106 cm³/mol. The fourth-order valence-electron chi connectivity index (χ4n) is 2.09. The van der Waals surface area contributed by atoms with Crippen LogP contribution < -0.4 is 11.1 Å². The molecule has 3 nitrogen and oxygen atoms in total. The number of hydrogen-bond donors (Lipinski definition) is 2. The summed E-state index contributed by atoms with van der Waals surface area (Å²) in [5.41, 5.74) is 7.75. The largest absolute Gasteiger partial charge is 0.370 e. The van der Waals surface area contributed by atoms with Crippen LogP contribution in [-0.4, -0.2) is 12.5 Å². The number of nitrogens with two attached hydrogens (primary N) is 1. The maximum atomic E-state index is 6.26. The normalized spacial score (nSPS) is 11.7. The maximum Gasteiger partial charge on any atom is 0.193 e. The number of para-hydroxylation sites is 1. The van der Waals surface area contributed by atoms with Gasteiger partial charge in [0.2, 0.25) is 0 Å². The van der Waals surface area contributed by atoms with E-state index in [2.05, 4.69) is 24.2 Å². The first-order valence-corrected chi connectivity index (χ1v) is 7.24. The van der Waals surface area contributed by atoms with Crippen LogP contribution in [0.5, 0.6) is 0 Å². The lowest BCUT2D eigenvalue weighted by molar-refractivity contribution is 0.540. The molecular weight excluding hydrogens is 409 g/mol. The number of anilines is 1. The molecule has 0 aliphatic carbocycles. The molecule has 0 saturated carbocycles. The van der Waals surface area contributed by atoms with Gasteiger partial charge in [0.25, 0.3) is 0 Å². The van der Waals surface area contributed by atoms with E-state index in [1.807, 2.05) is 54.6 Å². The summed E-state index contributed by atoms with van der Waals surface area (Å²) >= 11 is 6.26. The minimum Gasteiger partial charge on any atom is -0.370 e. The Hall–Kier alpha value is -1.27. The minimum absolute atomic E-state index is 0. The minimum atomic E-state index is -0.179. The molecule has 0 fully saturated rings. The number of rotatable bonds is 4. The molecule has 0 saturated heterocycles. The lowest BCUT2D eigenvalue weighted by Gasteiger charge is -2.24. The van der Waals surface area contributed by atoms with Gasteiger partial charge >= 0.3 is 0 Å². The number of benzene rings is 2. The summed E-state index contributed by atoms with van der Waals surface area (Å²) in [5, 5.41) is 3.83. The van der Waals surface area contributed by atoms with Crippen molar-refractivity contribution in [2.24, 2.45) is 10.7 Å². The molecule has 2 rings (SSSR count). The second kappa shape index (κ2) is 8.39. The molecule has 0 aromatic heterocycles. The van der Waals surface area contributed by atoms with E-state index in [4.69, 9.17) is 17.3 Å². The Kier molecular flexibility index (Phi) is 7.16. The van der Waals surface area contributed by atoms with Gasteiger partial charge in [-0.25, -0.2) is 0 Å². The van der Waals surface area contributed by atoms with Crippen LogP contribution in [0.1, 0.15) is 19.4 Å². The van der Waals surface area contributed by atoms with E-state index in [-0.39, 0.29) is 29.4 Å². The number of nitrogens with one attached hydrogen (secondary N) is 1. The van der Waals surface area contributed by atoms with Crippen LogP contribution in [0.4, 0.5) is 5.69 Å². The van der Waals surface area contributed by atoms with Crippen molar-refractivity contribution in [1.29, 1.82) is 0 Å². The molecule has 22 heavy (non-hydrogen) atoms. The fourth-order valence-corrected chi connectivity index (χ4v) is 2.48. The Labute approximate surface area is 154 Å². The zero-order chi connectivity index (χ0) is 15.3. The van der Waals surface area contributed by atoms with Crippen molar-refractivity contribution in [3.05, 3.63) is 65.2 Å². The second-order valence-electron chi connectivity index (χ2n) is 5.56. The molecule has 0 spiro atoms. The van der Waals surface area contributed by atoms with Gasteiger partial charge in [-0.1, -0.05) is 61.8 Å². The zero-order valence-corrected chi connectivity index (χ0v) is 15.8. The predicted octanol–water partition coefficient (Wildman–Crippen LogP) is 4.66. The van der Waals surface area contributed by atoms with Crippen LogP contribution in [0.25, 0.3) is 0 Å². The molecule has 5 heteroatoms. The maximum absolute atomic E-state index is 6.26. The van der Waals surface area contributed by atoms with Crippen molar-refractivity contribution in [2.45, 2.75) is 19.3 Å². The first-order valence-electron chi connectivity index (χ1n) is 6.86.